The molecular formula is C15H16N2O2. The van der Waals surface area contributed by atoms with Crippen molar-refractivity contribution in [2.45, 2.75) is 12.5 Å². The van der Waals surface area contributed by atoms with E-state index in [1.807, 2.05) is 30.3 Å². The first-order valence-corrected chi connectivity index (χ1v) is 6.09. The van der Waals surface area contributed by atoms with Crippen molar-refractivity contribution in [1.29, 1.82) is 0 Å². The molecule has 0 aromatic heterocycles. The van der Waals surface area contributed by atoms with E-state index in [0.717, 1.165) is 5.56 Å². The first kappa shape index (κ1) is 13.1. The van der Waals surface area contributed by atoms with Crippen molar-refractivity contribution in [3.8, 4) is 0 Å². The molecule has 0 aliphatic carbocycles. The van der Waals surface area contributed by atoms with Gasteiger partial charge in [-0.25, -0.2) is 0 Å². The van der Waals surface area contributed by atoms with E-state index < -0.39 is 6.04 Å². The Morgan fingerprint density at radius 1 is 1.26 bits per heavy atom. The maximum Gasteiger partial charge on any atom is 0.268 e. The Morgan fingerprint density at radius 3 is 2.58 bits per heavy atom. The first-order valence-electron chi connectivity index (χ1n) is 6.09. The van der Waals surface area contributed by atoms with Gasteiger partial charge in [0.1, 0.15) is 11.7 Å². The van der Waals surface area contributed by atoms with Gasteiger partial charge in [-0.2, -0.15) is 0 Å². The van der Waals surface area contributed by atoms with Crippen LogP contribution in [0.1, 0.15) is 5.56 Å². The molecule has 1 aliphatic heterocycles. The fourth-order valence-electron chi connectivity index (χ4n) is 2.06. The van der Waals surface area contributed by atoms with Crippen LogP contribution in [0.25, 0.3) is 0 Å². The van der Waals surface area contributed by atoms with Gasteiger partial charge >= 0.3 is 0 Å². The molecule has 2 amide bonds. The van der Waals surface area contributed by atoms with Crippen LogP contribution in [0.2, 0.25) is 0 Å². The number of amides is 2. The fourth-order valence-corrected chi connectivity index (χ4v) is 2.06. The van der Waals surface area contributed by atoms with Crippen molar-refractivity contribution in [2.75, 3.05) is 6.54 Å². The topological polar surface area (TPSA) is 49.4 Å². The van der Waals surface area contributed by atoms with E-state index in [-0.39, 0.29) is 17.5 Å². The Hall–Kier alpha value is -2.36. The maximum absolute atomic E-state index is 12.3. The summed E-state index contributed by atoms with van der Waals surface area (Å²) in [5.41, 5.74) is 1.18. The lowest BCUT2D eigenvalue weighted by Crippen LogP contribution is -2.57. The molecule has 1 saturated heterocycles. The molecule has 1 fully saturated rings. The molecule has 1 heterocycles. The van der Waals surface area contributed by atoms with Gasteiger partial charge in [-0.3, -0.25) is 9.59 Å². The van der Waals surface area contributed by atoms with Crippen LogP contribution >= 0.6 is 0 Å². The molecule has 0 bridgehead atoms. The highest BCUT2D eigenvalue weighted by Gasteiger charge is 2.34. The van der Waals surface area contributed by atoms with Crippen molar-refractivity contribution < 1.29 is 9.59 Å². The van der Waals surface area contributed by atoms with Crippen LogP contribution in [-0.2, 0) is 16.0 Å². The first-order chi connectivity index (χ1) is 9.13. The number of hydrogen-bond acceptors (Lipinski definition) is 2. The summed E-state index contributed by atoms with van der Waals surface area (Å²) >= 11 is 0. The van der Waals surface area contributed by atoms with Crippen LogP contribution < -0.4 is 5.32 Å². The summed E-state index contributed by atoms with van der Waals surface area (Å²) in [6.45, 7) is 7.53. The molecule has 1 N–H and O–H groups in total. The van der Waals surface area contributed by atoms with Gasteiger partial charge < -0.3 is 10.2 Å². The zero-order chi connectivity index (χ0) is 13.8. The van der Waals surface area contributed by atoms with Crippen LogP contribution in [0.15, 0.2) is 55.3 Å². The van der Waals surface area contributed by atoms with Crippen molar-refractivity contribution in [2.24, 2.45) is 0 Å². The lowest BCUT2D eigenvalue weighted by Gasteiger charge is -2.33. The highest BCUT2D eigenvalue weighted by molar-refractivity contribution is 6.04. The summed E-state index contributed by atoms with van der Waals surface area (Å²) in [5, 5.41) is 2.69. The van der Waals surface area contributed by atoms with Gasteiger partial charge in [0, 0.05) is 13.0 Å². The Labute approximate surface area is 112 Å². The number of hydrogen-bond donors (Lipinski definition) is 1. The van der Waals surface area contributed by atoms with Crippen molar-refractivity contribution >= 4 is 11.8 Å². The van der Waals surface area contributed by atoms with Crippen LogP contribution in [0, 0.1) is 0 Å². The average Bonchev–Trinajstić information content (AvgIpc) is 2.42. The molecule has 98 valence electrons. The monoisotopic (exact) mass is 256 g/mol. The SMILES string of the molecule is C=CCN1C(=C)C(=O)N[C@@H](Cc2ccccc2)C1=O. The molecule has 2 rings (SSSR count). The third kappa shape index (κ3) is 2.73. The van der Waals surface area contributed by atoms with Gasteiger partial charge in [-0.1, -0.05) is 43.0 Å². The van der Waals surface area contributed by atoms with Crippen molar-refractivity contribution in [3.05, 3.63) is 60.8 Å². The molecule has 0 saturated carbocycles. The molecule has 1 aromatic carbocycles. The van der Waals surface area contributed by atoms with Gasteiger partial charge in [-0.15, -0.1) is 6.58 Å². The van der Waals surface area contributed by atoms with Gasteiger partial charge in [-0.05, 0) is 5.56 Å². The Kier molecular flexibility index (Phi) is 3.80. The Morgan fingerprint density at radius 2 is 1.95 bits per heavy atom. The molecular weight excluding hydrogens is 240 g/mol. The predicted octanol–water partition coefficient (Wildman–Crippen LogP) is 1.26. The van der Waals surface area contributed by atoms with E-state index in [9.17, 15) is 9.59 Å². The third-order valence-electron chi connectivity index (χ3n) is 3.05. The molecule has 0 spiro atoms. The third-order valence-corrected chi connectivity index (χ3v) is 3.05. The minimum atomic E-state index is -0.541. The molecule has 4 nitrogen and oxygen atoms in total. The van der Waals surface area contributed by atoms with E-state index in [1.54, 1.807) is 6.08 Å². The lowest BCUT2D eigenvalue weighted by molar-refractivity contribution is -0.139. The van der Waals surface area contributed by atoms with Crippen molar-refractivity contribution in [3.63, 3.8) is 0 Å². The number of nitrogens with one attached hydrogen (secondary N) is 1. The molecule has 1 aliphatic rings. The van der Waals surface area contributed by atoms with Gasteiger partial charge in [0.25, 0.3) is 5.91 Å². The van der Waals surface area contributed by atoms with Crippen molar-refractivity contribution in [1.82, 2.24) is 10.2 Å². The quantitative estimate of drug-likeness (QED) is 0.651. The Balaban J connectivity index is 2.17. The summed E-state index contributed by atoms with van der Waals surface area (Å²) < 4.78 is 0. The number of benzene rings is 1. The summed E-state index contributed by atoms with van der Waals surface area (Å²) in [6, 6.07) is 9.05. The summed E-state index contributed by atoms with van der Waals surface area (Å²) in [5.74, 6) is -0.448. The fraction of sp³-hybridized carbons (Fsp3) is 0.200. The van der Waals surface area contributed by atoms with E-state index >= 15 is 0 Å². The molecule has 4 heteroatoms. The van der Waals surface area contributed by atoms with E-state index in [4.69, 9.17) is 0 Å². The Bertz CT molecular complexity index is 522. The zero-order valence-corrected chi connectivity index (χ0v) is 10.6. The number of carbonyl (C=O) groups is 2. The normalized spacial score (nSPS) is 19.3. The standard InChI is InChI=1S/C15H16N2O2/c1-3-9-17-11(2)14(18)16-13(15(17)19)10-12-7-5-4-6-8-12/h3-8,13H,1-2,9-10H2,(H,16,18)/t13-/m0/s1. The molecule has 0 unspecified atom stereocenters. The molecule has 1 atom stereocenters. The van der Waals surface area contributed by atoms with Gasteiger partial charge in [0.15, 0.2) is 0 Å². The number of rotatable bonds is 4. The minimum Gasteiger partial charge on any atom is -0.339 e. The highest BCUT2D eigenvalue weighted by atomic mass is 16.2. The smallest absolute Gasteiger partial charge is 0.268 e. The zero-order valence-electron chi connectivity index (χ0n) is 10.6. The van der Waals surface area contributed by atoms with Crippen LogP contribution in [-0.4, -0.2) is 29.3 Å². The van der Waals surface area contributed by atoms with Gasteiger partial charge in [0.2, 0.25) is 5.91 Å². The van der Waals surface area contributed by atoms with Gasteiger partial charge in [0.05, 0.1) is 0 Å². The second kappa shape index (κ2) is 5.52. The molecule has 0 radical (unpaired) electrons. The maximum atomic E-state index is 12.3. The number of nitrogens with zero attached hydrogens (tertiary/aromatic N) is 1. The summed E-state index contributed by atoms with van der Waals surface area (Å²) in [6.07, 6.45) is 2.06. The number of carbonyl (C=O) groups excluding carboxylic acids is 2. The highest BCUT2D eigenvalue weighted by Crippen LogP contribution is 2.15. The number of piperazine rings is 1. The van der Waals surface area contributed by atoms with E-state index in [0.29, 0.717) is 13.0 Å². The largest absolute Gasteiger partial charge is 0.339 e. The summed E-state index contributed by atoms with van der Waals surface area (Å²) in [4.78, 5) is 25.4. The van der Waals surface area contributed by atoms with Crippen LogP contribution in [0.5, 0.6) is 0 Å². The molecule has 19 heavy (non-hydrogen) atoms. The van der Waals surface area contributed by atoms with Crippen LogP contribution in [0.4, 0.5) is 0 Å². The summed E-state index contributed by atoms with van der Waals surface area (Å²) in [7, 11) is 0. The lowest BCUT2D eigenvalue weighted by atomic mass is 10.0. The predicted molar refractivity (Wildman–Crippen MR) is 73.1 cm³/mol. The molecule has 1 aromatic rings. The second-order valence-electron chi connectivity index (χ2n) is 4.40. The van der Waals surface area contributed by atoms with E-state index in [1.165, 1.54) is 4.90 Å². The minimum absolute atomic E-state index is 0.145. The van der Waals surface area contributed by atoms with E-state index in [2.05, 4.69) is 18.5 Å². The van der Waals surface area contributed by atoms with Crippen LogP contribution in [0.3, 0.4) is 0 Å². The second-order valence-corrected chi connectivity index (χ2v) is 4.40. The average molecular weight is 256 g/mol.